The van der Waals surface area contributed by atoms with E-state index in [4.69, 9.17) is 0 Å². The highest BCUT2D eigenvalue weighted by Crippen LogP contribution is 2.41. The molecule has 3 saturated heterocycles. The maximum atomic E-state index is 14.3. The van der Waals surface area contributed by atoms with Crippen LogP contribution in [-0.2, 0) is 29.4 Å². The van der Waals surface area contributed by atoms with Gasteiger partial charge in [0, 0.05) is 94.7 Å². The first-order chi connectivity index (χ1) is 27.9. The lowest BCUT2D eigenvalue weighted by Gasteiger charge is -2.41. The Kier molecular flexibility index (Phi) is 11.6. The molecule has 3 fully saturated rings. The van der Waals surface area contributed by atoms with E-state index in [1.807, 2.05) is 4.90 Å². The third-order valence-electron chi connectivity index (χ3n) is 11.5. The van der Waals surface area contributed by atoms with Gasteiger partial charge in [0.05, 0.1) is 10.9 Å². The molecule has 18 heteroatoms. The van der Waals surface area contributed by atoms with Gasteiger partial charge in [0.2, 0.25) is 11.8 Å². The van der Waals surface area contributed by atoms with Crippen LogP contribution in [-0.4, -0.2) is 93.8 Å². The Hall–Kier alpha value is -5.65. The minimum Gasteiger partial charge on any atom is -0.405 e. The van der Waals surface area contributed by atoms with Crippen LogP contribution in [0.5, 0.6) is 5.75 Å². The lowest BCUT2D eigenvalue weighted by Crippen LogP contribution is -2.51. The molecular formula is C41H43F6N7O5. The lowest BCUT2D eigenvalue weighted by atomic mass is 9.86. The Morgan fingerprint density at radius 2 is 1.66 bits per heavy atom. The van der Waals surface area contributed by atoms with Crippen LogP contribution in [0, 0.1) is 0 Å². The van der Waals surface area contributed by atoms with Gasteiger partial charge in [-0.3, -0.25) is 29.6 Å². The van der Waals surface area contributed by atoms with Crippen molar-refractivity contribution in [2.75, 3.05) is 38.5 Å². The molecule has 59 heavy (non-hydrogen) atoms. The monoisotopic (exact) mass is 827 g/mol. The van der Waals surface area contributed by atoms with Crippen molar-refractivity contribution in [3.05, 3.63) is 88.1 Å². The van der Waals surface area contributed by atoms with Crippen molar-refractivity contribution in [1.29, 1.82) is 0 Å². The number of hydrogen-bond donors (Lipinski definition) is 2. The molecule has 3 aliphatic heterocycles. The number of likely N-dealkylation sites (tertiary alicyclic amines) is 2. The third kappa shape index (κ3) is 9.32. The molecule has 314 valence electrons. The van der Waals surface area contributed by atoms with Crippen molar-refractivity contribution in [3.63, 3.8) is 0 Å². The average Bonchev–Trinajstić information content (AvgIpc) is 3.20. The van der Waals surface area contributed by atoms with Gasteiger partial charge in [-0.05, 0) is 78.8 Å². The molecular weight excluding hydrogens is 784 g/mol. The van der Waals surface area contributed by atoms with Gasteiger partial charge in [-0.2, -0.15) is 13.2 Å². The van der Waals surface area contributed by atoms with Gasteiger partial charge in [-0.25, -0.2) is 4.79 Å². The molecule has 2 aromatic carbocycles. The molecule has 0 aliphatic carbocycles. The predicted molar refractivity (Wildman–Crippen MR) is 205 cm³/mol. The number of aromatic nitrogens is 2. The first-order valence-electron chi connectivity index (χ1n) is 19.3. The Morgan fingerprint density at radius 1 is 0.932 bits per heavy atom. The predicted octanol–water partition coefficient (Wildman–Crippen LogP) is 6.63. The number of carbonyl (C=O) groups is 3. The van der Waals surface area contributed by atoms with Crippen molar-refractivity contribution < 1.29 is 45.5 Å². The van der Waals surface area contributed by atoms with E-state index in [1.54, 1.807) is 48.3 Å². The van der Waals surface area contributed by atoms with Crippen LogP contribution in [0.25, 0.3) is 21.9 Å². The number of anilines is 1. The highest BCUT2D eigenvalue weighted by molar-refractivity contribution is 6.01. The van der Waals surface area contributed by atoms with Gasteiger partial charge in [0.1, 0.15) is 11.8 Å². The van der Waals surface area contributed by atoms with Gasteiger partial charge in [0.15, 0.2) is 0 Å². The number of hydrogen-bond acceptors (Lipinski definition) is 8. The van der Waals surface area contributed by atoms with E-state index < -0.39 is 41.9 Å². The fourth-order valence-electron chi connectivity index (χ4n) is 8.36. The Morgan fingerprint density at radius 3 is 2.34 bits per heavy atom. The molecule has 2 N–H and O–H groups in total. The Bertz CT molecular complexity index is 2300. The number of ether oxygens (including phenoxy) is 1. The molecule has 4 aromatic rings. The van der Waals surface area contributed by atoms with Crippen LogP contribution in [0.4, 0.5) is 36.8 Å². The average molecular weight is 828 g/mol. The Labute approximate surface area is 335 Å². The molecule has 0 spiro atoms. The quantitative estimate of drug-likeness (QED) is 0.150. The Balaban J connectivity index is 0.961. The number of nitrogens with zero attached hydrogens (tertiary/aromatic N) is 5. The lowest BCUT2D eigenvalue weighted by molar-refractivity contribution is -0.275. The van der Waals surface area contributed by atoms with Crippen molar-refractivity contribution in [1.82, 2.24) is 29.6 Å². The highest BCUT2D eigenvalue weighted by Gasteiger charge is 2.38. The van der Waals surface area contributed by atoms with Crippen LogP contribution >= 0.6 is 0 Å². The second-order valence-corrected chi connectivity index (χ2v) is 15.4. The van der Waals surface area contributed by atoms with E-state index >= 15 is 0 Å². The summed E-state index contributed by atoms with van der Waals surface area (Å²) in [5.41, 5.74) is 0.437. The number of pyridine rings is 2. The second-order valence-electron chi connectivity index (χ2n) is 15.4. The fraction of sp³-hybridized carbons (Fsp3) is 0.439. The van der Waals surface area contributed by atoms with E-state index in [0.717, 1.165) is 6.07 Å². The van der Waals surface area contributed by atoms with Crippen molar-refractivity contribution >= 4 is 34.3 Å². The van der Waals surface area contributed by atoms with Crippen LogP contribution in [0.2, 0.25) is 0 Å². The maximum absolute atomic E-state index is 14.3. The molecule has 0 radical (unpaired) electrons. The second kappa shape index (κ2) is 16.5. The summed E-state index contributed by atoms with van der Waals surface area (Å²) in [6.45, 7) is 1.65. The van der Waals surface area contributed by atoms with Gasteiger partial charge in [0.25, 0.3) is 5.56 Å². The van der Waals surface area contributed by atoms with Crippen LogP contribution in [0.3, 0.4) is 0 Å². The number of fused-ring (bicyclic) bond motifs is 1. The zero-order valence-electron chi connectivity index (χ0n) is 32.3. The summed E-state index contributed by atoms with van der Waals surface area (Å²) < 4.78 is 89.7. The molecule has 12 nitrogen and oxygen atoms in total. The number of benzene rings is 2. The van der Waals surface area contributed by atoms with Crippen LogP contribution in [0.1, 0.15) is 61.1 Å². The number of amides is 4. The van der Waals surface area contributed by atoms with Crippen LogP contribution in [0.15, 0.2) is 65.8 Å². The summed E-state index contributed by atoms with van der Waals surface area (Å²) >= 11 is 0. The minimum absolute atomic E-state index is 0.0821. The number of nitrogens with one attached hydrogen (secondary N) is 2. The van der Waals surface area contributed by atoms with Crippen molar-refractivity contribution in [3.8, 4) is 16.9 Å². The van der Waals surface area contributed by atoms with Gasteiger partial charge in [-0.15, -0.1) is 13.2 Å². The third-order valence-corrected chi connectivity index (χ3v) is 11.5. The van der Waals surface area contributed by atoms with Gasteiger partial charge < -0.3 is 24.4 Å². The standard InChI is InChI=1S/C41H43F6N7O5/c1-51-23-32(30-9-14-48-21-31(30)38(51)57)25-3-4-26(35(19-25)59-41(45,46)47)22-53-15-12-28(13-16-53)52(2)39(58)54-17-10-24(11-18-54)29-6-5-27(20-33(29)40(42,43)44)49-34-7-8-36(55)50-37(34)56/h3-6,9,14,19-21,23-24,28,34,49H,7-8,10-13,15-18,22H2,1-2H3,(H,50,55,56). The zero-order valence-corrected chi connectivity index (χ0v) is 32.3. The molecule has 1 unspecified atom stereocenters. The summed E-state index contributed by atoms with van der Waals surface area (Å²) in [4.78, 5) is 59.2. The molecule has 7 rings (SSSR count). The number of rotatable bonds is 8. The largest absolute Gasteiger partial charge is 0.573 e. The number of carbonyl (C=O) groups excluding carboxylic acids is 3. The SMILES string of the molecule is CN(C(=O)N1CCC(c2ccc(NC3CCC(=O)NC3=O)cc2C(F)(F)F)CC1)C1CCN(Cc2ccc(-c3cn(C)c(=O)c4cnccc34)cc2OC(F)(F)F)CC1. The van der Waals surface area contributed by atoms with E-state index in [0.29, 0.717) is 66.2 Å². The van der Waals surface area contributed by atoms with Crippen molar-refractivity contribution in [2.45, 2.75) is 75.6 Å². The molecule has 1 atom stereocenters. The van der Waals surface area contributed by atoms with E-state index in [2.05, 4.69) is 20.4 Å². The summed E-state index contributed by atoms with van der Waals surface area (Å²) in [5, 5.41) is 5.88. The van der Waals surface area contributed by atoms with Crippen molar-refractivity contribution in [2.24, 2.45) is 7.05 Å². The van der Waals surface area contributed by atoms with Crippen LogP contribution < -0.4 is 20.9 Å². The smallest absolute Gasteiger partial charge is 0.405 e. The van der Waals surface area contributed by atoms with E-state index in [9.17, 15) is 45.5 Å². The summed E-state index contributed by atoms with van der Waals surface area (Å²) in [6, 6.07) is 8.93. The zero-order chi connectivity index (χ0) is 42.2. The summed E-state index contributed by atoms with van der Waals surface area (Å²) in [6.07, 6.45) is -3.12. The topological polar surface area (TPSA) is 129 Å². The fourth-order valence-corrected chi connectivity index (χ4v) is 8.36. The molecule has 4 amide bonds. The summed E-state index contributed by atoms with van der Waals surface area (Å²) in [7, 11) is 3.25. The van der Waals surface area contributed by atoms with E-state index in [1.165, 1.54) is 35.2 Å². The molecule has 3 aliphatic rings. The number of urea groups is 1. The number of halogens is 6. The van der Waals surface area contributed by atoms with E-state index in [-0.39, 0.29) is 67.1 Å². The maximum Gasteiger partial charge on any atom is 0.573 e. The molecule has 0 saturated carbocycles. The molecule has 2 aromatic heterocycles. The van der Waals surface area contributed by atoms with Gasteiger partial charge in [-0.1, -0.05) is 18.2 Å². The minimum atomic E-state index is -4.95. The molecule has 0 bridgehead atoms. The summed E-state index contributed by atoms with van der Waals surface area (Å²) in [5.74, 6) is -1.82. The molecule has 5 heterocycles. The first-order valence-corrected chi connectivity index (χ1v) is 19.3. The highest BCUT2D eigenvalue weighted by atomic mass is 19.4. The number of aryl methyl sites for hydroxylation is 1. The number of piperidine rings is 3. The number of alkyl halides is 6. The van der Waals surface area contributed by atoms with Gasteiger partial charge >= 0.3 is 18.6 Å². The number of imide groups is 1. The normalized spacial score (nSPS) is 18.8. The first kappa shape index (κ1) is 41.5.